The zero-order valence-electron chi connectivity index (χ0n) is 13.2. The van der Waals surface area contributed by atoms with E-state index in [-0.39, 0.29) is 10.8 Å². The molecule has 0 aliphatic heterocycles. The van der Waals surface area contributed by atoms with E-state index in [9.17, 15) is 10.1 Å². The van der Waals surface area contributed by atoms with Gasteiger partial charge in [-0.2, -0.15) is 0 Å². The summed E-state index contributed by atoms with van der Waals surface area (Å²) in [5.41, 5.74) is 1.13. The Bertz CT molecular complexity index is 716. The summed E-state index contributed by atoms with van der Waals surface area (Å²) in [5.74, 6) is 1.18. The third-order valence-corrected chi connectivity index (χ3v) is 4.45. The highest BCUT2D eigenvalue weighted by molar-refractivity contribution is 5.46. The maximum atomic E-state index is 11.1. The minimum Gasteiger partial charge on any atom is -0.493 e. The molecule has 0 bridgehead atoms. The lowest BCUT2D eigenvalue weighted by atomic mass is 10.1. The predicted molar refractivity (Wildman–Crippen MR) is 86.5 cm³/mol. The van der Waals surface area contributed by atoms with Crippen molar-refractivity contribution in [3.63, 3.8) is 0 Å². The second-order valence-electron chi connectivity index (χ2n) is 6.06. The van der Waals surface area contributed by atoms with Crippen molar-refractivity contribution < 1.29 is 14.4 Å². The van der Waals surface area contributed by atoms with Crippen LogP contribution in [0.1, 0.15) is 30.4 Å². The average Bonchev–Trinajstić information content (AvgIpc) is 3.27. The minimum atomic E-state index is -0.856. The van der Waals surface area contributed by atoms with Crippen molar-refractivity contribution in [1.82, 2.24) is 0 Å². The Morgan fingerprint density at radius 2 is 1.96 bits per heavy atom. The van der Waals surface area contributed by atoms with E-state index >= 15 is 0 Å². The zero-order chi connectivity index (χ0) is 16.4. The lowest BCUT2D eigenvalue weighted by molar-refractivity contribution is -0.535. The van der Waals surface area contributed by atoms with Crippen LogP contribution in [-0.4, -0.2) is 17.6 Å². The number of methoxy groups -OCH3 is 1. The maximum absolute atomic E-state index is 11.1. The summed E-state index contributed by atoms with van der Waals surface area (Å²) in [6.07, 6.45) is 0.560. The van der Waals surface area contributed by atoms with E-state index in [4.69, 9.17) is 9.47 Å². The topological polar surface area (TPSA) is 61.6 Å². The number of hydrogen-bond donors (Lipinski definition) is 0. The highest BCUT2D eigenvalue weighted by Gasteiger charge is 2.62. The van der Waals surface area contributed by atoms with Gasteiger partial charge >= 0.3 is 0 Å². The minimum absolute atomic E-state index is 0.0671. The number of nitrogens with zero attached hydrogens (tertiary/aromatic N) is 1. The van der Waals surface area contributed by atoms with Gasteiger partial charge in [-0.15, -0.1) is 0 Å². The van der Waals surface area contributed by atoms with Crippen LogP contribution in [0.15, 0.2) is 48.5 Å². The number of ether oxygens (including phenoxy) is 2. The van der Waals surface area contributed by atoms with E-state index in [1.165, 1.54) is 0 Å². The highest BCUT2D eigenvalue weighted by atomic mass is 16.6. The van der Waals surface area contributed by atoms with Crippen molar-refractivity contribution in [3.05, 3.63) is 69.8 Å². The fourth-order valence-electron chi connectivity index (χ4n) is 2.79. The van der Waals surface area contributed by atoms with E-state index < -0.39 is 5.54 Å². The third-order valence-electron chi connectivity index (χ3n) is 4.45. The molecule has 5 heteroatoms. The molecular formula is C18H19NO4. The number of benzene rings is 2. The molecule has 1 aliphatic carbocycles. The molecule has 0 N–H and O–H groups in total. The molecule has 2 unspecified atom stereocenters. The van der Waals surface area contributed by atoms with Gasteiger partial charge in [0.15, 0.2) is 11.5 Å². The molecule has 0 amide bonds. The molecule has 120 valence electrons. The summed E-state index contributed by atoms with van der Waals surface area (Å²) < 4.78 is 11.2. The summed E-state index contributed by atoms with van der Waals surface area (Å²) in [4.78, 5) is 10.9. The smallest absolute Gasteiger partial charge is 0.227 e. The van der Waals surface area contributed by atoms with E-state index in [1.54, 1.807) is 14.0 Å². The van der Waals surface area contributed by atoms with Gasteiger partial charge in [0.2, 0.25) is 5.54 Å². The summed E-state index contributed by atoms with van der Waals surface area (Å²) in [6.45, 7) is 2.12. The molecule has 1 saturated carbocycles. The molecule has 2 aromatic carbocycles. The first kappa shape index (κ1) is 15.3. The molecule has 0 aromatic heterocycles. The molecule has 5 nitrogen and oxygen atoms in total. The molecule has 3 rings (SSSR count). The number of nitro groups is 1. The molecule has 1 aliphatic rings. The Hall–Kier alpha value is -2.56. The Balaban J connectivity index is 1.79. The van der Waals surface area contributed by atoms with Crippen LogP contribution in [-0.2, 0) is 6.61 Å². The van der Waals surface area contributed by atoms with Crippen molar-refractivity contribution >= 4 is 0 Å². The fourth-order valence-corrected chi connectivity index (χ4v) is 2.79. The molecule has 0 heterocycles. The first-order chi connectivity index (χ1) is 11.0. The van der Waals surface area contributed by atoms with Gasteiger partial charge < -0.3 is 9.47 Å². The largest absolute Gasteiger partial charge is 0.493 e. The molecule has 2 atom stereocenters. The summed E-state index contributed by atoms with van der Waals surface area (Å²) in [5, 5.41) is 11.1. The first-order valence-corrected chi connectivity index (χ1v) is 7.54. The van der Waals surface area contributed by atoms with E-state index in [0.717, 1.165) is 11.1 Å². The van der Waals surface area contributed by atoms with Gasteiger partial charge in [-0.25, -0.2) is 0 Å². The van der Waals surface area contributed by atoms with Crippen molar-refractivity contribution in [2.75, 3.05) is 7.11 Å². The van der Waals surface area contributed by atoms with Crippen LogP contribution in [0.4, 0.5) is 0 Å². The fraction of sp³-hybridized carbons (Fsp3) is 0.333. The molecule has 0 saturated heterocycles. The van der Waals surface area contributed by atoms with Crippen LogP contribution >= 0.6 is 0 Å². The third kappa shape index (κ3) is 2.99. The second-order valence-corrected chi connectivity index (χ2v) is 6.06. The monoisotopic (exact) mass is 313 g/mol. The van der Waals surface area contributed by atoms with Crippen molar-refractivity contribution in [2.24, 2.45) is 0 Å². The van der Waals surface area contributed by atoms with Gasteiger partial charge in [0, 0.05) is 18.3 Å². The number of hydrogen-bond acceptors (Lipinski definition) is 4. The second kappa shape index (κ2) is 5.91. The Morgan fingerprint density at radius 3 is 2.57 bits per heavy atom. The van der Waals surface area contributed by atoms with Gasteiger partial charge in [-0.05, 0) is 23.3 Å². The van der Waals surface area contributed by atoms with Gasteiger partial charge in [-0.1, -0.05) is 36.4 Å². The van der Waals surface area contributed by atoms with Crippen LogP contribution in [0.2, 0.25) is 0 Å². The molecule has 23 heavy (non-hydrogen) atoms. The summed E-state index contributed by atoms with van der Waals surface area (Å²) >= 11 is 0. The molecule has 2 aromatic rings. The molecule has 0 spiro atoms. The SMILES string of the molecule is COc1ccc(C2CC2(C)[N+](=O)[O-])cc1OCc1ccccc1. The highest BCUT2D eigenvalue weighted by Crippen LogP contribution is 2.54. The van der Waals surface area contributed by atoms with Crippen LogP contribution in [0.3, 0.4) is 0 Å². The van der Waals surface area contributed by atoms with E-state index in [2.05, 4.69) is 0 Å². The zero-order valence-corrected chi connectivity index (χ0v) is 13.2. The van der Waals surface area contributed by atoms with Crippen LogP contribution in [0.5, 0.6) is 11.5 Å². The van der Waals surface area contributed by atoms with Crippen LogP contribution in [0.25, 0.3) is 0 Å². The average molecular weight is 313 g/mol. The number of rotatable bonds is 6. The molecule has 1 fully saturated rings. The standard InChI is InChI=1S/C18H19NO4/c1-18(19(20)21)11-15(18)14-8-9-16(22-2)17(10-14)23-12-13-6-4-3-5-7-13/h3-10,15H,11-12H2,1-2H3. The van der Waals surface area contributed by atoms with Gasteiger partial charge in [0.05, 0.1) is 13.0 Å². The Morgan fingerprint density at radius 1 is 1.22 bits per heavy atom. The van der Waals surface area contributed by atoms with Gasteiger partial charge in [0.1, 0.15) is 6.61 Å². The van der Waals surface area contributed by atoms with Gasteiger partial charge in [0.25, 0.3) is 0 Å². The summed E-state index contributed by atoms with van der Waals surface area (Å²) in [7, 11) is 1.59. The van der Waals surface area contributed by atoms with E-state index in [1.807, 2.05) is 48.5 Å². The van der Waals surface area contributed by atoms with Crippen molar-refractivity contribution in [2.45, 2.75) is 31.4 Å². The van der Waals surface area contributed by atoms with Crippen LogP contribution < -0.4 is 9.47 Å². The van der Waals surface area contributed by atoms with Crippen LogP contribution in [0, 0.1) is 10.1 Å². The van der Waals surface area contributed by atoms with E-state index in [0.29, 0.717) is 24.5 Å². The Labute approximate surface area is 135 Å². The lowest BCUT2D eigenvalue weighted by Crippen LogP contribution is -2.18. The normalized spacial score (nSPS) is 22.4. The lowest BCUT2D eigenvalue weighted by Gasteiger charge is -2.12. The quantitative estimate of drug-likeness (QED) is 0.601. The summed E-state index contributed by atoms with van der Waals surface area (Å²) in [6, 6.07) is 15.4. The molecule has 0 radical (unpaired) electrons. The van der Waals surface area contributed by atoms with Gasteiger partial charge in [-0.3, -0.25) is 10.1 Å². The first-order valence-electron chi connectivity index (χ1n) is 7.54. The molecular weight excluding hydrogens is 294 g/mol. The Kier molecular flexibility index (Phi) is 3.94. The predicted octanol–water partition coefficient (Wildman–Crippen LogP) is 3.80. The maximum Gasteiger partial charge on any atom is 0.227 e. The van der Waals surface area contributed by atoms with Crippen molar-refractivity contribution in [3.8, 4) is 11.5 Å². The van der Waals surface area contributed by atoms with Crippen molar-refractivity contribution in [1.29, 1.82) is 0 Å².